The van der Waals surface area contributed by atoms with Crippen LogP contribution in [0.4, 0.5) is 10.5 Å². The van der Waals surface area contributed by atoms with Gasteiger partial charge in [-0.15, -0.1) is 0 Å². The number of piperazine rings is 1. The van der Waals surface area contributed by atoms with E-state index in [-0.39, 0.29) is 12.1 Å². The zero-order chi connectivity index (χ0) is 19.3. The van der Waals surface area contributed by atoms with Crippen molar-refractivity contribution in [1.29, 1.82) is 0 Å². The number of carbonyl (C=O) groups excluding carboxylic acids is 2. The van der Waals surface area contributed by atoms with Crippen LogP contribution in [0, 0.1) is 0 Å². The smallest absolute Gasteiger partial charge is 0.410 e. The lowest BCUT2D eigenvalue weighted by atomic mass is 10.1. The Balaban J connectivity index is 2.11. The molecule has 0 radical (unpaired) electrons. The van der Waals surface area contributed by atoms with Gasteiger partial charge < -0.3 is 19.3 Å². The number of carbonyl (C=O) groups is 2. The summed E-state index contributed by atoms with van der Waals surface area (Å²) in [5.41, 5.74) is 2.04. The third-order valence-electron chi connectivity index (χ3n) is 4.07. The van der Waals surface area contributed by atoms with Crippen molar-refractivity contribution in [2.45, 2.75) is 33.3 Å². The Morgan fingerprint density at radius 3 is 2.31 bits per heavy atom. The summed E-state index contributed by atoms with van der Waals surface area (Å²) in [5.74, 6) is -0.350. The van der Waals surface area contributed by atoms with Gasteiger partial charge in [-0.3, -0.25) is 0 Å². The second-order valence-corrected chi connectivity index (χ2v) is 7.22. The summed E-state index contributed by atoms with van der Waals surface area (Å²) in [6, 6.07) is 5.54. The van der Waals surface area contributed by atoms with Gasteiger partial charge in [0.05, 0.1) is 12.7 Å². The number of hydrogen-bond acceptors (Lipinski definition) is 5. The Morgan fingerprint density at radius 1 is 1.12 bits per heavy atom. The summed E-state index contributed by atoms with van der Waals surface area (Å²) in [6.07, 6.45) is 3.64. The first-order valence-electron chi connectivity index (χ1n) is 8.83. The number of rotatable bonds is 3. The number of nitrogens with zero attached hydrogens (tertiary/aromatic N) is 2. The predicted octanol–water partition coefficient (Wildman–Crippen LogP) is 3.56. The molecule has 0 spiro atoms. The van der Waals surface area contributed by atoms with Gasteiger partial charge in [-0.25, -0.2) is 9.59 Å². The summed E-state index contributed by atoms with van der Waals surface area (Å²) >= 11 is 0. The number of allylic oxidation sites excluding steroid dienone is 1. The maximum absolute atomic E-state index is 12.2. The molecule has 0 aromatic heterocycles. The van der Waals surface area contributed by atoms with Crippen LogP contribution in [0.3, 0.4) is 0 Å². The van der Waals surface area contributed by atoms with Crippen molar-refractivity contribution in [2.24, 2.45) is 0 Å². The van der Waals surface area contributed by atoms with Crippen molar-refractivity contribution in [3.05, 3.63) is 35.4 Å². The van der Waals surface area contributed by atoms with Crippen molar-refractivity contribution in [3.8, 4) is 0 Å². The van der Waals surface area contributed by atoms with Crippen LogP contribution in [-0.2, 0) is 9.47 Å². The lowest BCUT2D eigenvalue weighted by Crippen LogP contribution is -2.50. The molecular formula is C20H28N2O4. The van der Waals surface area contributed by atoms with Gasteiger partial charge in [0, 0.05) is 31.9 Å². The number of esters is 1. The highest BCUT2D eigenvalue weighted by Gasteiger charge is 2.26. The van der Waals surface area contributed by atoms with E-state index in [2.05, 4.69) is 4.90 Å². The van der Waals surface area contributed by atoms with Gasteiger partial charge in [-0.2, -0.15) is 0 Å². The van der Waals surface area contributed by atoms with Gasteiger partial charge >= 0.3 is 12.1 Å². The number of methoxy groups -OCH3 is 1. The van der Waals surface area contributed by atoms with Crippen LogP contribution in [0.15, 0.2) is 24.3 Å². The quantitative estimate of drug-likeness (QED) is 0.772. The van der Waals surface area contributed by atoms with E-state index in [1.807, 2.05) is 52.0 Å². The number of hydrogen-bond donors (Lipinski definition) is 0. The molecule has 1 aliphatic heterocycles. The van der Waals surface area contributed by atoms with Crippen molar-refractivity contribution in [3.63, 3.8) is 0 Å². The highest BCUT2D eigenvalue weighted by Crippen LogP contribution is 2.25. The monoisotopic (exact) mass is 360 g/mol. The van der Waals surface area contributed by atoms with E-state index in [1.165, 1.54) is 7.11 Å². The van der Waals surface area contributed by atoms with E-state index in [9.17, 15) is 9.59 Å². The van der Waals surface area contributed by atoms with Gasteiger partial charge in [0.15, 0.2) is 0 Å². The molecule has 0 unspecified atom stereocenters. The van der Waals surface area contributed by atoms with Gasteiger partial charge in [0.1, 0.15) is 5.60 Å². The predicted molar refractivity (Wildman–Crippen MR) is 103 cm³/mol. The third kappa shape index (κ3) is 5.00. The summed E-state index contributed by atoms with van der Waals surface area (Å²) < 4.78 is 10.2. The molecule has 6 nitrogen and oxygen atoms in total. The van der Waals surface area contributed by atoms with Crippen LogP contribution >= 0.6 is 0 Å². The molecule has 1 aromatic rings. The average molecular weight is 360 g/mol. The van der Waals surface area contributed by atoms with E-state index in [0.717, 1.165) is 11.3 Å². The van der Waals surface area contributed by atoms with Crippen molar-refractivity contribution >= 4 is 23.8 Å². The molecule has 1 aliphatic rings. The third-order valence-corrected chi connectivity index (χ3v) is 4.07. The normalized spacial score (nSPS) is 15.3. The van der Waals surface area contributed by atoms with Gasteiger partial charge in [0.2, 0.25) is 0 Å². The van der Waals surface area contributed by atoms with Crippen molar-refractivity contribution in [2.75, 3.05) is 38.2 Å². The molecule has 1 fully saturated rings. The Hall–Kier alpha value is -2.50. The number of ether oxygens (including phenoxy) is 2. The second-order valence-electron chi connectivity index (χ2n) is 7.22. The molecule has 2 rings (SSSR count). The highest BCUT2D eigenvalue weighted by atomic mass is 16.6. The Labute approximate surface area is 155 Å². The molecule has 1 saturated heterocycles. The van der Waals surface area contributed by atoms with Gasteiger partial charge in [-0.05, 0) is 51.5 Å². The minimum atomic E-state index is -0.489. The minimum absolute atomic E-state index is 0.271. The topological polar surface area (TPSA) is 59.1 Å². The van der Waals surface area contributed by atoms with E-state index >= 15 is 0 Å². The van der Waals surface area contributed by atoms with Crippen LogP contribution in [0.2, 0.25) is 0 Å². The number of amides is 1. The minimum Gasteiger partial charge on any atom is -0.465 e. The molecule has 26 heavy (non-hydrogen) atoms. The van der Waals surface area contributed by atoms with Crippen LogP contribution in [0.5, 0.6) is 0 Å². The summed E-state index contributed by atoms with van der Waals surface area (Å²) in [5, 5.41) is 0. The van der Waals surface area contributed by atoms with Crippen LogP contribution in [0.25, 0.3) is 6.08 Å². The first-order valence-corrected chi connectivity index (χ1v) is 8.83. The van der Waals surface area contributed by atoms with Crippen LogP contribution in [0.1, 0.15) is 43.6 Å². The van der Waals surface area contributed by atoms with E-state index in [4.69, 9.17) is 9.47 Å². The Kier molecular flexibility index (Phi) is 6.29. The van der Waals surface area contributed by atoms with E-state index < -0.39 is 5.60 Å². The standard InChI is InChI=1S/C20H28N2O4/c1-6-7-15-14-16(18(23)25-5)8-9-17(15)21-10-12-22(13-11-21)19(24)26-20(2,3)4/h6-9,14H,10-13H2,1-5H3/b7-6-. The summed E-state index contributed by atoms with van der Waals surface area (Å²) in [6.45, 7) is 10.2. The molecule has 6 heteroatoms. The van der Waals surface area contributed by atoms with Crippen LogP contribution in [-0.4, -0.2) is 55.9 Å². The number of anilines is 1. The first-order chi connectivity index (χ1) is 12.2. The number of benzene rings is 1. The Bertz CT molecular complexity index is 684. The molecule has 0 saturated carbocycles. The molecule has 0 atom stereocenters. The van der Waals surface area contributed by atoms with Gasteiger partial charge in [-0.1, -0.05) is 12.2 Å². The Morgan fingerprint density at radius 2 is 1.77 bits per heavy atom. The summed E-state index contributed by atoms with van der Waals surface area (Å²) in [4.78, 5) is 27.9. The SMILES string of the molecule is C/C=C\c1cc(C(=O)OC)ccc1N1CCN(C(=O)OC(C)(C)C)CC1. The molecule has 0 aliphatic carbocycles. The second kappa shape index (κ2) is 8.25. The fourth-order valence-electron chi connectivity index (χ4n) is 2.86. The molecule has 0 N–H and O–H groups in total. The zero-order valence-electron chi connectivity index (χ0n) is 16.2. The maximum Gasteiger partial charge on any atom is 0.410 e. The molecule has 0 bridgehead atoms. The van der Waals surface area contributed by atoms with Gasteiger partial charge in [0.25, 0.3) is 0 Å². The highest BCUT2D eigenvalue weighted by molar-refractivity contribution is 5.91. The molecular weight excluding hydrogens is 332 g/mol. The zero-order valence-corrected chi connectivity index (χ0v) is 16.2. The summed E-state index contributed by atoms with van der Waals surface area (Å²) in [7, 11) is 1.38. The average Bonchev–Trinajstić information content (AvgIpc) is 2.60. The molecule has 1 aromatic carbocycles. The van der Waals surface area contributed by atoms with E-state index in [1.54, 1.807) is 11.0 Å². The molecule has 142 valence electrons. The molecule has 1 amide bonds. The van der Waals surface area contributed by atoms with Crippen LogP contribution < -0.4 is 4.90 Å². The van der Waals surface area contributed by atoms with E-state index in [0.29, 0.717) is 31.7 Å². The fourth-order valence-corrected chi connectivity index (χ4v) is 2.86. The maximum atomic E-state index is 12.2. The van der Waals surface area contributed by atoms with Crippen molar-refractivity contribution in [1.82, 2.24) is 4.90 Å². The first kappa shape index (κ1) is 19.8. The van der Waals surface area contributed by atoms with Crippen molar-refractivity contribution < 1.29 is 19.1 Å². The lowest BCUT2D eigenvalue weighted by Gasteiger charge is -2.37. The molecule has 1 heterocycles. The fraction of sp³-hybridized carbons (Fsp3) is 0.500. The lowest BCUT2D eigenvalue weighted by molar-refractivity contribution is 0.0240. The largest absolute Gasteiger partial charge is 0.465 e.